The fourth-order valence-corrected chi connectivity index (χ4v) is 2.85. The molecule has 2 rings (SSSR count). The van der Waals surface area contributed by atoms with Crippen molar-refractivity contribution >= 4 is 23.4 Å². The molecule has 6 heteroatoms. The number of nitrogens with zero attached hydrogens (tertiary/aromatic N) is 1. The van der Waals surface area contributed by atoms with E-state index in [0.717, 1.165) is 5.56 Å². The van der Waals surface area contributed by atoms with Crippen molar-refractivity contribution in [2.24, 2.45) is 11.7 Å². The molecular weight excluding hydrogens is 304 g/mol. The van der Waals surface area contributed by atoms with E-state index in [1.54, 1.807) is 30.0 Å². The van der Waals surface area contributed by atoms with Gasteiger partial charge in [0.1, 0.15) is 5.75 Å². The number of aryl methyl sites for hydroxylation is 1. The second kappa shape index (κ2) is 7.01. The molecule has 1 unspecified atom stereocenters. The molecule has 1 aliphatic rings. The lowest BCUT2D eigenvalue weighted by Gasteiger charge is -2.32. The van der Waals surface area contributed by atoms with Crippen molar-refractivity contribution in [3.05, 3.63) is 28.8 Å². The maximum Gasteiger partial charge on any atom is 0.263 e. The summed E-state index contributed by atoms with van der Waals surface area (Å²) in [5.74, 6) is 0.168. The number of ether oxygens (including phenoxy) is 1. The van der Waals surface area contributed by atoms with Crippen molar-refractivity contribution < 1.29 is 14.3 Å². The van der Waals surface area contributed by atoms with Gasteiger partial charge in [-0.05, 0) is 50.5 Å². The minimum absolute atomic E-state index is 0.0720. The summed E-state index contributed by atoms with van der Waals surface area (Å²) in [6.45, 7) is 4.70. The molecule has 1 atom stereocenters. The number of primary amides is 1. The zero-order chi connectivity index (χ0) is 16.3. The highest BCUT2D eigenvalue weighted by Crippen LogP contribution is 2.24. The van der Waals surface area contributed by atoms with Gasteiger partial charge in [0.15, 0.2) is 6.10 Å². The normalized spacial score (nSPS) is 17.1. The zero-order valence-corrected chi connectivity index (χ0v) is 13.6. The molecule has 2 N–H and O–H groups in total. The highest BCUT2D eigenvalue weighted by molar-refractivity contribution is 6.30. The van der Waals surface area contributed by atoms with Crippen LogP contribution in [0.3, 0.4) is 0 Å². The monoisotopic (exact) mass is 324 g/mol. The Labute approximate surface area is 135 Å². The van der Waals surface area contributed by atoms with Gasteiger partial charge in [-0.15, -0.1) is 0 Å². The van der Waals surface area contributed by atoms with Gasteiger partial charge in [0.25, 0.3) is 5.91 Å². The van der Waals surface area contributed by atoms with Gasteiger partial charge >= 0.3 is 0 Å². The molecule has 1 aliphatic heterocycles. The Morgan fingerprint density at radius 3 is 2.55 bits per heavy atom. The molecule has 22 heavy (non-hydrogen) atoms. The summed E-state index contributed by atoms with van der Waals surface area (Å²) in [5.41, 5.74) is 6.19. The minimum Gasteiger partial charge on any atom is -0.481 e. The minimum atomic E-state index is -0.579. The smallest absolute Gasteiger partial charge is 0.263 e. The highest BCUT2D eigenvalue weighted by atomic mass is 35.5. The van der Waals surface area contributed by atoms with Crippen LogP contribution in [0.25, 0.3) is 0 Å². The molecule has 2 amide bonds. The fraction of sp³-hybridized carbons (Fsp3) is 0.500. The van der Waals surface area contributed by atoms with Gasteiger partial charge in [0, 0.05) is 24.0 Å². The number of piperidine rings is 1. The molecule has 1 aromatic carbocycles. The second-order valence-electron chi connectivity index (χ2n) is 5.67. The SMILES string of the molecule is Cc1cc(Cl)ccc1OC(C)C(=O)N1CCC(C(N)=O)CC1. The number of carbonyl (C=O) groups excluding carboxylic acids is 2. The number of rotatable bonds is 4. The third-order valence-corrected chi connectivity index (χ3v) is 4.23. The van der Waals surface area contributed by atoms with Gasteiger partial charge in [0.2, 0.25) is 5.91 Å². The molecule has 0 aromatic heterocycles. The predicted molar refractivity (Wildman–Crippen MR) is 84.8 cm³/mol. The summed E-state index contributed by atoms with van der Waals surface area (Å²) in [6.07, 6.45) is 0.659. The molecular formula is C16H21ClN2O3. The summed E-state index contributed by atoms with van der Waals surface area (Å²) in [4.78, 5) is 25.3. The number of carbonyl (C=O) groups is 2. The number of benzene rings is 1. The maximum absolute atomic E-state index is 12.4. The lowest BCUT2D eigenvalue weighted by atomic mass is 9.96. The van der Waals surface area contributed by atoms with Crippen molar-refractivity contribution in [1.29, 1.82) is 0 Å². The van der Waals surface area contributed by atoms with Crippen molar-refractivity contribution in [2.75, 3.05) is 13.1 Å². The van der Waals surface area contributed by atoms with Gasteiger partial charge in [-0.2, -0.15) is 0 Å². The zero-order valence-electron chi connectivity index (χ0n) is 12.8. The Hall–Kier alpha value is -1.75. The van der Waals surface area contributed by atoms with Crippen LogP contribution in [0.5, 0.6) is 5.75 Å². The van der Waals surface area contributed by atoms with Gasteiger partial charge in [-0.1, -0.05) is 11.6 Å². The van der Waals surface area contributed by atoms with Crippen molar-refractivity contribution in [1.82, 2.24) is 4.90 Å². The Morgan fingerprint density at radius 1 is 1.36 bits per heavy atom. The van der Waals surface area contributed by atoms with Crippen LogP contribution in [-0.2, 0) is 9.59 Å². The number of nitrogens with two attached hydrogens (primary N) is 1. The molecule has 1 saturated heterocycles. The molecule has 5 nitrogen and oxygen atoms in total. The Bertz CT molecular complexity index is 569. The van der Waals surface area contributed by atoms with E-state index in [1.165, 1.54) is 0 Å². The Kier molecular flexibility index (Phi) is 5.29. The van der Waals surface area contributed by atoms with Crippen LogP contribution in [-0.4, -0.2) is 35.9 Å². The summed E-state index contributed by atoms with van der Waals surface area (Å²) in [6, 6.07) is 5.30. The second-order valence-corrected chi connectivity index (χ2v) is 6.11. The van der Waals surface area contributed by atoms with Gasteiger partial charge < -0.3 is 15.4 Å². The summed E-state index contributed by atoms with van der Waals surface area (Å²) in [7, 11) is 0. The summed E-state index contributed by atoms with van der Waals surface area (Å²) >= 11 is 5.91. The van der Waals surface area contributed by atoms with E-state index in [-0.39, 0.29) is 17.7 Å². The van der Waals surface area contributed by atoms with Crippen LogP contribution < -0.4 is 10.5 Å². The fourth-order valence-electron chi connectivity index (χ4n) is 2.63. The molecule has 0 bridgehead atoms. The average Bonchev–Trinajstić information content (AvgIpc) is 2.49. The van der Waals surface area contributed by atoms with Crippen molar-refractivity contribution in [3.63, 3.8) is 0 Å². The van der Waals surface area contributed by atoms with Crippen LogP contribution in [0.4, 0.5) is 0 Å². The largest absolute Gasteiger partial charge is 0.481 e. The maximum atomic E-state index is 12.4. The van der Waals surface area contributed by atoms with Gasteiger partial charge in [-0.25, -0.2) is 0 Å². The summed E-state index contributed by atoms with van der Waals surface area (Å²) in [5, 5.41) is 0.636. The predicted octanol–water partition coefficient (Wildman–Crippen LogP) is 2.14. The third kappa shape index (κ3) is 3.91. The van der Waals surface area contributed by atoms with E-state index in [2.05, 4.69) is 0 Å². The molecule has 1 aromatic rings. The van der Waals surface area contributed by atoms with E-state index in [0.29, 0.717) is 36.7 Å². The van der Waals surface area contributed by atoms with E-state index in [4.69, 9.17) is 22.1 Å². The van der Waals surface area contributed by atoms with Crippen LogP contribution >= 0.6 is 11.6 Å². The third-order valence-electron chi connectivity index (χ3n) is 4.00. The number of halogens is 1. The summed E-state index contributed by atoms with van der Waals surface area (Å²) < 4.78 is 5.75. The van der Waals surface area contributed by atoms with E-state index >= 15 is 0 Å². The first kappa shape index (κ1) is 16.6. The van der Waals surface area contributed by atoms with Crippen LogP contribution in [0.2, 0.25) is 5.02 Å². The lowest BCUT2D eigenvalue weighted by molar-refractivity contribution is -0.140. The molecule has 1 fully saturated rings. The first-order chi connectivity index (χ1) is 10.4. The quantitative estimate of drug-likeness (QED) is 0.922. The Balaban J connectivity index is 1.94. The molecule has 0 aliphatic carbocycles. The van der Waals surface area contributed by atoms with Crippen molar-refractivity contribution in [3.8, 4) is 5.75 Å². The molecule has 0 spiro atoms. The Morgan fingerprint density at radius 2 is 2.00 bits per heavy atom. The standard InChI is InChI=1S/C16H21ClN2O3/c1-10-9-13(17)3-4-14(10)22-11(2)16(21)19-7-5-12(6-8-19)15(18)20/h3-4,9,11-12H,5-8H2,1-2H3,(H2,18,20). The number of hydrogen-bond acceptors (Lipinski definition) is 3. The van der Waals surface area contributed by atoms with E-state index in [9.17, 15) is 9.59 Å². The van der Waals surface area contributed by atoms with Crippen molar-refractivity contribution in [2.45, 2.75) is 32.8 Å². The molecule has 0 saturated carbocycles. The van der Waals surface area contributed by atoms with Gasteiger partial charge in [0.05, 0.1) is 0 Å². The molecule has 1 heterocycles. The lowest BCUT2D eigenvalue weighted by Crippen LogP contribution is -2.46. The van der Waals surface area contributed by atoms with E-state index in [1.807, 2.05) is 6.92 Å². The van der Waals surface area contributed by atoms with E-state index < -0.39 is 6.10 Å². The van der Waals surface area contributed by atoms with Crippen LogP contribution in [0.1, 0.15) is 25.3 Å². The average molecular weight is 325 g/mol. The van der Waals surface area contributed by atoms with Crippen LogP contribution in [0.15, 0.2) is 18.2 Å². The first-order valence-corrected chi connectivity index (χ1v) is 7.77. The number of amides is 2. The van der Waals surface area contributed by atoms with Gasteiger partial charge in [-0.3, -0.25) is 9.59 Å². The molecule has 120 valence electrons. The topological polar surface area (TPSA) is 72.6 Å². The highest BCUT2D eigenvalue weighted by Gasteiger charge is 2.29. The first-order valence-electron chi connectivity index (χ1n) is 7.39. The number of hydrogen-bond donors (Lipinski definition) is 1. The number of likely N-dealkylation sites (tertiary alicyclic amines) is 1. The molecule has 0 radical (unpaired) electrons. The van der Waals surface area contributed by atoms with Crippen LogP contribution in [0, 0.1) is 12.8 Å².